The number of hydrogen-bond acceptors (Lipinski definition) is 5. The van der Waals surface area contributed by atoms with Gasteiger partial charge >= 0.3 is 5.97 Å². The Morgan fingerprint density at radius 3 is 2.63 bits per heavy atom. The molecule has 1 aliphatic heterocycles. The molecule has 1 heterocycles. The molecule has 1 saturated heterocycles. The first-order chi connectivity index (χ1) is 14.2. The van der Waals surface area contributed by atoms with E-state index in [0.29, 0.717) is 37.9 Å². The van der Waals surface area contributed by atoms with Crippen LogP contribution in [0.25, 0.3) is 0 Å². The van der Waals surface area contributed by atoms with Gasteiger partial charge in [-0.3, -0.25) is 14.4 Å². The fraction of sp³-hybridized carbons (Fsp3) is 0.571. The molecule has 0 bridgehead atoms. The van der Waals surface area contributed by atoms with Crippen molar-refractivity contribution in [1.29, 1.82) is 0 Å². The van der Waals surface area contributed by atoms with Gasteiger partial charge in [0.05, 0.1) is 12.5 Å². The number of carbonyl (C=O) groups is 3. The molecule has 0 radical (unpaired) electrons. The fourth-order valence-electron chi connectivity index (χ4n) is 4.21. The van der Waals surface area contributed by atoms with E-state index < -0.39 is 23.2 Å². The lowest BCUT2D eigenvalue weighted by atomic mass is 9.85. The summed E-state index contributed by atoms with van der Waals surface area (Å²) in [5, 5.41) is 13.4. The zero-order valence-corrected chi connectivity index (χ0v) is 17.6. The van der Waals surface area contributed by atoms with E-state index in [1.54, 1.807) is 11.8 Å². The molecule has 1 atom stereocenters. The molecule has 1 aromatic rings. The van der Waals surface area contributed by atoms with E-state index in [4.69, 9.17) is 16.3 Å². The molecule has 2 fully saturated rings. The van der Waals surface area contributed by atoms with Gasteiger partial charge in [0.15, 0.2) is 0 Å². The SMILES string of the molecule is CCOC(=O)C1CCC(N2CCC(O)(C(=O)NCc3cc(F)cc(Cl)c3)C2=O)CC1. The van der Waals surface area contributed by atoms with Crippen molar-refractivity contribution >= 4 is 29.4 Å². The minimum Gasteiger partial charge on any atom is -0.466 e. The summed E-state index contributed by atoms with van der Waals surface area (Å²) < 4.78 is 18.5. The Morgan fingerprint density at radius 2 is 2.00 bits per heavy atom. The molecule has 9 heteroatoms. The van der Waals surface area contributed by atoms with E-state index in [1.165, 1.54) is 12.1 Å². The zero-order valence-electron chi connectivity index (χ0n) is 16.8. The van der Waals surface area contributed by atoms with Gasteiger partial charge in [-0.1, -0.05) is 11.6 Å². The Kier molecular flexibility index (Phi) is 6.98. The number of nitrogens with one attached hydrogen (secondary N) is 1. The van der Waals surface area contributed by atoms with Crippen molar-refractivity contribution in [3.05, 3.63) is 34.6 Å². The average molecular weight is 441 g/mol. The van der Waals surface area contributed by atoms with Crippen LogP contribution in [0.1, 0.15) is 44.6 Å². The lowest BCUT2D eigenvalue weighted by molar-refractivity contribution is -0.156. The van der Waals surface area contributed by atoms with Crippen molar-refractivity contribution in [3.8, 4) is 0 Å². The summed E-state index contributed by atoms with van der Waals surface area (Å²) in [5.41, 5.74) is -1.72. The zero-order chi connectivity index (χ0) is 21.9. The minimum atomic E-state index is -2.14. The normalized spacial score (nSPS) is 26.5. The molecule has 0 aromatic heterocycles. The molecular weight excluding hydrogens is 415 g/mol. The smallest absolute Gasteiger partial charge is 0.308 e. The van der Waals surface area contributed by atoms with Crippen LogP contribution in [-0.4, -0.2) is 52.6 Å². The summed E-state index contributed by atoms with van der Waals surface area (Å²) in [6.45, 7) is 2.31. The van der Waals surface area contributed by atoms with Gasteiger partial charge in [-0.2, -0.15) is 0 Å². The van der Waals surface area contributed by atoms with Crippen molar-refractivity contribution in [3.63, 3.8) is 0 Å². The second kappa shape index (κ2) is 9.31. The first-order valence-corrected chi connectivity index (χ1v) is 10.6. The van der Waals surface area contributed by atoms with Crippen LogP contribution in [-0.2, 0) is 25.7 Å². The maximum atomic E-state index is 13.4. The van der Waals surface area contributed by atoms with E-state index >= 15 is 0 Å². The van der Waals surface area contributed by atoms with E-state index in [9.17, 15) is 23.9 Å². The third-order valence-corrected chi connectivity index (χ3v) is 6.06. The average Bonchev–Trinajstić information content (AvgIpc) is 3.01. The minimum absolute atomic E-state index is 0.0145. The predicted octanol–water partition coefficient (Wildman–Crippen LogP) is 2.18. The van der Waals surface area contributed by atoms with Gasteiger partial charge in [-0.05, 0) is 56.4 Å². The van der Waals surface area contributed by atoms with Gasteiger partial charge < -0.3 is 20.1 Å². The van der Waals surface area contributed by atoms with Gasteiger partial charge in [0.2, 0.25) is 5.60 Å². The Morgan fingerprint density at radius 1 is 1.30 bits per heavy atom. The molecular formula is C21H26ClFN2O5. The molecule has 2 amide bonds. The highest BCUT2D eigenvalue weighted by Gasteiger charge is 2.53. The number of esters is 1. The van der Waals surface area contributed by atoms with E-state index in [-0.39, 0.29) is 42.5 Å². The lowest BCUT2D eigenvalue weighted by Gasteiger charge is -2.34. The molecule has 2 aliphatic rings. The van der Waals surface area contributed by atoms with Crippen LogP contribution in [0.4, 0.5) is 4.39 Å². The molecule has 1 aromatic carbocycles. The maximum Gasteiger partial charge on any atom is 0.308 e. The summed E-state index contributed by atoms with van der Waals surface area (Å²) in [6.07, 6.45) is 2.44. The Bertz CT molecular complexity index is 807. The number of hydrogen-bond donors (Lipinski definition) is 2. The Hall–Kier alpha value is -2.19. The summed E-state index contributed by atoms with van der Waals surface area (Å²) >= 11 is 5.80. The van der Waals surface area contributed by atoms with Crippen LogP contribution in [0.5, 0.6) is 0 Å². The van der Waals surface area contributed by atoms with Gasteiger partial charge in [-0.15, -0.1) is 0 Å². The Balaban J connectivity index is 1.57. The number of nitrogens with zero attached hydrogens (tertiary/aromatic N) is 1. The third-order valence-electron chi connectivity index (χ3n) is 5.84. The molecule has 2 N–H and O–H groups in total. The second-order valence-electron chi connectivity index (χ2n) is 7.83. The van der Waals surface area contributed by atoms with E-state index in [1.807, 2.05) is 0 Å². The van der Waals surface area contributed by atoms with Gasteiger partial charge in [0.25, 0.3) is 11.8 Å². The summed E-state index contributed by atoms with van der Waals surface area (Å²) in [5.74, 6) is -2.35. The monoisotopic (exact) mass is 440 g/mol. The summed E-state index contributed by atoms with van der Waals surface area (Å²) in [7, 11) is 0. The summed E-state index contributed by atoms with van der Waals surface area (Å²) in [4.78, 5) is 38.8. The second-order valence-corrected chi connectivity index (χ2v) is 8.26. The van der Waals surface area contributed by atoms with Crippen molar-refractivity contribution in [2.45, 2.75) is 57.2 Å². The molecule has 164 valence electrons. The van der Waals surface area contributed by atoms with Crippen LogP contribution in [0.2, 0.25) is 5.02 Å². The molecule has 1 unspecified atom stereocenters. The Labute approximate surface area is 179 Å². The third kappa shape index (κ3) is 4.75. The summed E-state index contributed by atoms with van der Waals surface area (Å²) in [6, 6.07) is 3.75. The van der Waals surface area contributed by atoms with E-state index in [0.717, 1.165) is 6.07 Å². The highest BCUT2D eigenvalue weighted by molar-refractivity contribution is 6.30. The highest BCUT2D eigenvalue weighted by Crippen LogP contribution is 2.33. The highest BCUT2D eigenvalue weighted by atomic mass is 35.5. The van der Waals surface area contributed by atoms with Gasteiger partial charge in [0, 0.05) is 30.6 Å². The number of rotatable bonds is 6. The number of likely N-dealkylation sites (tertiary alicyclic amines) is 1. The lowest BCUT2D eigenvalue weighted by Crippen LogP contribution is -2.54. The predicted molar refractivity (Wildman–Crippen MR) is 107 cm³/mol. The molecule has 7 nitrogen and oxygen atoms in total. The van der Waals surface area contributed by atoms with Crippen LogP contribution in [0.15, 0.2) is 18.2 Å². The van der Waals surface area contributed by atoms with Gasteiger partial charge in [-0.25, -0.2) is 4.39 Å². The first kappa shape index (κ1) is 22.5. The number of aliphatic hydroxyl groups is 1. The van der Waals surface area contributed by atoms with Crippen LogP contribution in [0.3, 0.4) is 0 Å². The van der Waals surface area contributed by atoms with Crippen LogP contribution < -0.4 is 5.32 Å². The molecule has 1 saturated carbocycles. The topological polar surface area (TPSA) is 95.9 Å². The van der Waals surface area contributed by atoms with Gasteiger partial charge in [0.1, 0.15) is 5.82 Å². The number of carbonyl (C=O) groups excluding carboxylic acids is 3. The maximum absolute atomic E-state index is 13.4. The molecule has 30 heavy (non-hydrogen) atoms. The van der Waals surface area contributed by atoms with Crippen molar-refractivity contribution in [2.24, 2.45) is 5.92 Å². The number of benzene rings is 1. The van der Waals surface area contributed by atoms with Crippen LogP contribution in [0, 0.1) is 11.7 Å². The number of ether oxygens (including phenoxy) is 1. The number of halogens is 2. The van der Waals surface area contributed by atoms with Crippen molar-refractivity contribution < 1.29 is 28.6 Å². The van der Waals surface area contributed by atoms with Crippen molar-refractivity contribution in [1.82, 2.24) is 10.2 Å². The van der Waals surface area contributed by atoms with Crippen LogP contribution >= 0.6 is 11.6 Å². The van der Waals surface area contributed by atoms with E-state index in [2.05, 4.69) is 5.32 Å². The molecule has 0 spiro atoms. The van der Waals surface area contributed by atoms with Crippen molar-refractivity contribution in [2.75, 3.05) is 13.2 Å². The largest absolute Gasteiger partial charge is 0.466 e. The quantitative estimate of drug-likeness (QED) is 0.522. The fourth-order valence-corrected chi connectivity index (χ4v) is 4.46. The first-order valence-electron chi connectivity index (χ1n) is 10.2. The molecule has 1 aliphatic carbocycles. The number of amides is 2. The molecule has 3 rings (SSSR count). The standard InChI is InChI=1S/C21H26ClFN2O5/c1-2-30-18(26)14-3-5-17(6-4-14)25-8-7-21(29,20(25)28)19(27)24-12-13-9-15(22)11-16(23)10-13/h9-11,14,17,29H,2-8,12H2,1H3,(H,24,27).